The van der Waals surface area contributed by atoms with E-state index in [1.165, 1.54) is 29.0 Å². The lowest BCUT2D eigenvalue weighted by molar-refractivity contribution is -0.380. The number of benzene rings is 2. The van der Waals surface area contributed by atoms with Crippen LogP contribution in [-0.4, -0.2) is 15.8 Å². The Kier molecular flexibility index (Phi) is 7.00. The Morgan fingerprint density at radius 1 is 1.06 bits per heavy atom. The Morgan fingerprint density at radius 2 is 1.74 bits per heavy atom. The molecule has 1 amide bonds. The monoisotopic (exact) mass is 507 g/mol. The average Bonchev–Trinajstić information content (AvgIpc) is 3.48. The molecule has 9 heteroatoms. The van der Waals surface area contributed by atoms with Gasteiger partial charge in [-0.1, -0.05) is 85.4 Å². The summed E-state index contributed by atoms with van der Waals surface area (Å²) in [6, 6.07) is 18.7. The average molecular weight is 508 g/mol. The summed E-state index contributed by atoms with van der Waals surface area (Å²) in [6.07, 6.45) is 1.02. The molecule has 0 saturated carbocycles. The summed E-state index contributed by atoms with van der Waals surface area (Å²) in [5.74, 6) is 0.217. The number of thiophene rings is 1. The van der Waals surface area contributed by atoms with Crippen molar-refractivity contribution in [1.29, 1.82) is 0 Å². The summed E-state index contributed by atoms with van der Waals surface area (Å²) in [7, 11) is 0. The molecule has 35 heavy (non-hydrogen) atoms. The van der Waals surface area contributed by atoms with Gasteiger partial charge in [-0.05, 0) is 42.5 Å². The highest BCUT2D eigenvalue weighted by molar-refractivity contribution is 7.19. The quantitative estimate of drug-likeness (QED) is 0.194. The van der Waals surface area contributed by atoms with E-state index in [1.54, 1.807) is 0 Å². The summed E-state index contributed by atoms with van der Waals surface area (Å²) >= 11 is 2.03. The molecule has 180 valence electrons. The topological polar surface area (TPSA) is 94.4 Å². The van der Waals surface area contributed by atoms with Gasteiger partial charge in [0.2, 0.25) is 5.06 Å². The zero-order valence-corrected chi connectivity index (χ0v) is 21.5. The first-order valence-corrected chi connectivity index (χ1v) is 12.7. The van der Waals surface area contributed by atoms with Crippen LogP contribution >= 0.6 is 22.7 Å². The fraction of sp³-hybridized carbons (Fsp3) is 0.231. The predicted octanol–water partition coefficient (Wildman–Crippen LogP) is 7.82. The second kappa shape index (κ2) is 9.97. The molecule has 7 nitrogen and oxygen atoms in total. The molecule has 0 fully saturated rings. The number of aromatic nitrogens is 1. The van der Waals surface area contributed by atoms with E-state index in [2.05, 4.69) is 43.2 Å². The van der Waals surface area contributed by atoms with Crippen molar-refractivity contribution in [3.63, 3.8) is 0 Å². The standard InChI is InChI=1S/C26H25N3O4S2/c1-5-26(3,4)18-10-12-19(13-11-18)33-24-22(17-8-6-16(2)7-9-17)27-25(35-24)28-23(30)20-14-15-21(34-20)29(31)32/h6-15H,5H2,1-4H3,(H,27,28,30). The highest BCUT2D eigenvalue weighted by Crippen LogP contribution is 2.41. The molecular weight excluding hydrogens is 482 g/mol. The second-order valence-corrected chi connectivity index (χ2v) is 10.8. The molecule has 4 rings (SSSR count). The number of aryl methyl sites for hydroxylation is 1. The van der Waals surface area contributed by atoms with E-state index in [0.29, 0.717) is 21.6 Å². The molecule has 2 aromatic carbocycles. The first-order valence-electron chi connectivity index (χ1n) is 11.1. The number of hydrogen-bond donors (Lipinski definition) is 1. The van der Waals surface area contributed by atoms with Crippen LogP contribution in [0.25, 0.3) is 11.3 Å². The lowest BCUT2D eigenvalue weighted by atomic mass is 9.82. The number of ether oxygens (including phenoxy) is 1. The lowest BCUT2D eigenvalue weighted by Crippen LogP contribution is -2.14. The first kappa shape index (κ1) is 24.6. The molecule has 0 radical (unpaired) electrons. The number of carbonyl (C=O) groups excluding carboxylic acids is 1. The Morgan fingerprint density at radius 3 is 2.34 bits per heavy atom. The molecule has 4 aromatic rings. The van der Waals surface area contributed by atoms with Crippen LogP contribution in [0.15, 0.2) is 60.7 Å². The van der Waals surface area contributed by atoms with Crippen LogP contribution in [0, 0.1) is 17.0 Å². The fourth-order valence-corrected chi connectivity index (χ4v) is 4.88. The van der Waals surface area contributed by atoms with E-state index >= 15 is 0 Å². The number of nitro groups is 1. The number of rotatable bonds is 8. The van der Waals surface area contributed by atoms with Gasteiger partial charge in [0.15, 0.2) is 5.13 Å². The van der Waals surface area contributed by atoms with Gasteiger partial charge in [-0.2, -0.15) is 0 Å². The van der Waals surface area contributed by atoms with Crippen LogP contribution in [0.3, 0.4) is 0 Å². The summed E-state index contributed by atoms with van der Waals surface area (Å²) in [6.45, 7) is 8.59. The van der Waals surface area contributed by atoms with E-state index in [4.69, 9.17) is 4.74 Å². The fourth-order valence-electron chi connectivity index (χ4n) is 3.31. The largest absolute Gasteiger partial charge is 0.444 e. The number of nitrogens with zero attached hydrogens (tertiary/aromatic N) is 2. The highest BCUT2D eigenvalue weighted by atomic mass is 32.1. The van der Waals surface area contributed by atoms with Gasteiger partial charge >= 0.3 is 5.00 Å². The lowest BCUT2D eigenvalue weighted by Gasteiger charge is -2.23. The van der Waals surface area contributed by atoms with Gasteiger partial charge in [0.05, 0.1) is 9.80 Å². The molecule has 0 aliphatic carbocycles. The van der Waals surface area contributed by atoms with Crippen molar-refractivity contribution in [3.8, 4) is 22.1 Å². The van der Waals surface area contributed by atoms with Crippen LogP contribution in [-0.2, 0) is 5.41 Å². The second-order valence-electron chi connectivity index (χ2n) is 8.73. The van der Waals surface area contributed by atoms with Gasteiger partial charge in [-0.15, -0.1) is 0 Å². The van der Waals surface area contributed by atoms with Crippen molar-refractivity contribution >= 4 is 38.7 Å². The summed E-state index contributed by atoms with van der Waals surface area (Å²) in [4.78, 5) is 28.0. The molecule has 1 N–H and O–H groups in total. The normalized spacial score (nSPS) is 11.3. The molecule has 0 aliphatic heterocycles. The maximum atomic E-state index is 12.7. The van der Waals surface area contributed by atoms with Gasteiger partial charge in [0.1, 0.15) is 11.4 Å². The van der Waals surface area contributed by atoms with Crippen LogP contribution in [0.5, 0.6) is 10.8 Å². The van der Waals surface area contributed by atoms with Gasteiger partial charge in [-0.3, -0.25) is 20.2 Å². The minimum atomic E-state index is -0.515. The van der Waals surface area contributed by atoms with Crippen molar-refractivity contribution in [3.05, 3.63) is 86.8 Å². The van der Waals surface area contributed by atoms with E-state index in [-0.39, 0.29) is 15.3 Å². The number of carbonyl (C=O) groups is 1. The van der Waals surface area contributed by atoms with Crippen molar-refractivity contribution < 1.29 is 14.5 Å². The zero-order valence-electron chi connectivity index (χ0n) is 19.8. The highest BCUT2D eigenvalue weighted by Gasteiger charge is 2.21. The van der Waals surface area contributed by atoms with E-state index in [0.717, 1.165) is 28.9 Å². The molecule has 0 atom stereocenters. The number of nitrogens with one attached hydrogen (secondary N) is 1. The third-order valence-corrected chi connectivity index (χ3v) is 7.75. The summed E-state index contributed by atoms with van der Waals surface area (Å²) in [5, 5.41) is 14.5. The van der Waals surface area contributed by atoms with E-state index in [9.17, 15) is 14.9 Å². The van der Waals surface area contributed by atoms with Crippen LogP contribution in [0.2, 0.25) is 0 Å². The molecule has 0 unspecified atom stereocenters. The Bertz CT molecular complexity index is 1360. The maximum absolute atomic E-state index is 12.7. The van der Waals surface area contributed by atoms with Crippen LogP contribution in [0.4, 0.5) is 10.1 Å². The van der Waals surface area contributed by atoms with Gasteiger partial charge in [0, 0.05) is 11.6 Å². The Hall–Kier alpha value is -3.56. The van der Waals surface area contributed by atoms with Gasteiger partial charge < -0.3 is 4.74 Å². The summed E-state index contributed by atoms with van der Waals surface area (Å²) < 4.78 is 6.22. The number of thiazole rings is 1. The molecule has 2 aromatic heterocycles. The maximum Gasteiger partial charge on any atom is 0.324 e. The SMILES string of the molecule is CCC(C)(C)c1ccc(Oc2sc(NC(=O)c3ccc([N+](=O)[O-])s3)nc2-c2ccc(C)cc2)cc1. The minimum absolute atomic E-state index is 0.0738. The molecular formula is C26H25N3O4S2. The first-order chi connectivity index (χ1) is 16.7. The van der Waals surface area contributed by atoms with Crippen molar-refractivity contribution in [2.75, 3.05) is 5.32 Å². The molecule has 2 heterocycles. The van der Waals surface area contributed by atoms with Crippen LogP contribution in [0.1, 0.15) is 48.0 Å². The molecule has 0 spiro atoms. The van der Waals surface area contributed by atoms with Crippen LogP contribution < -0.4 is 10.1 Å². The Labute approximate surface area is 211 Å². The third-order valence-electron chi connectivity index (χ3n) is 5.87. The van der Waals surface area contributed by atoms with E-state index in [1.807, 2.05) is 43.3 Å². The van der Waals surface area contributed by atoms with E-state index < -0.39 is 10.8 Å². The number of amides is 1. The van der Waals surface area contributed by atoms with Crippen molar-refractivity contribution in [2.24, 2.45) is 0 Å². The summed E-state index contributed by atoms with van der Waals surface area (Å²) in [5.41, 5.74) is 3.89. The molecule has 0 aliphatic rings. The third kappa shape index (κ3) is 5.58. The predicted molar refractivity (Wildman–Crippen MR) is 141 cm³/mol. The zero-order chi connectivity index (χ0) is 25.2. The minimum Gasteiger partial charge on any atom is -0.444 e. The van der Waals surface area contributed by atoms with Crippen molar-refractivity contribution in [2.45, 2.75) is 39.5 Å². The number of anilines is 1. The number of hydrogen-bond acceptors (Lipinski definition) is 7. The molecule has 0 saturated heterocycles. The smallest absolute Gasteiger partial charge is 0.324 e. The molecule has 0 bridgehead atoms. The van der Waals surface area contributed by atoms with Gasteiger partial charge in [0.25, 0.3) is 5.91 Å². The Balaban J connectivity index is 1.63. The van der Waals surface area contributed by atoms with Gasteiger partial charge in [-0.25, -0.2) is 4.98 Å². The van der Waals surface area contributed by atoms with Crippen molar-refractivity contribution in [1.82, 2.24) is 4.98 Å².